The van der Waals surface area contributed by atoms with Crippen LogP contribution in [0.5, 0.6) is 0 Å². The number of nitriles is 1. The number of rotatable bonds is 4. The lowest BCUT2D eigenvalue weighted by atomic mass is 10.2. The van der Waals surface area contributed by atoms with E-state index in [1.807, 2.05) is 32.2 Å². The fourth-order valence-electron chi connectivity index (χ4n) is 3.43. The van der Waals surface area contributed by atoms with E-state index in [2.05, 4.69) is 42.3 Å². The Morgan fingerprint density at radius 3 is 2.65 bits per heavy atom. The van der Waals surface area contributed by atoms with Gasteiger partial charge >= 0.3 is 0 Å². The van der Waals surface area contributed by atoms with Gasteiger partial charge in [-0.2, -0.15) is 5.26 Å². The monoisotopic (exact) mass is 449 g/mol. The molecule has 6 nitrogen and oxygen atoms in total. The first-order valence-corrected chi connectivity index (χ1v) is 11.7. The Kier molecular flexibility index (Phi) is 5.99. The van der Waals surface area contributed by atoms with Gasteiger partial charge < -0.3 is 10.2 Å². The summed E-state index contributed by atoms with van der Waals surface area (Å²) in [4.78, 5) is 23.7. The van der Waals surface area contributed by atoms with Crippen molar-refractivity contribution in [1.29, 1.82) is 5.26 Å². The summed E-state index contributed by atoms with van der Waals surface area (Å²) in [7, 11) is 1.99. The minimum Gasteiger partial charge on any atom is -0.381 e. The van der Waals surface area contributed by atoms with E-state index in [0.717, 1.165) is 21.3 Å². The van der Waals surface area contributed by atoms with Crippen molar-refractivity contribution in [1.82, 2.24) is 4.90 Å². The minimum atomic E-state index is -0.0387. The smallest absolute Gasteiger partial charge is 0.269 e. The third-order valence-electron chi connectivity index (χ3n) is 4.90. The zero-order valence-corrected chi connectivity index (χ0v) is 19.5. The van der Waals surface area contributed by atoms with Crippen molar-refractivity contribution in [3.05, 3.63) is 58.0 Å². The Bertz CT molecular complexity index is 1150. The minimum absolute atomic E-state index is 0.0387. The van der Waals surface area contributed by atoms with Crippen LogP contribution in [0.15, 0.2) is 62.3 Å². The molecule has 1 fully saturated rings. The number of anilines is 2. The van der Waals surface area contributed by atoms with Crippen LogP contribution in [0.4, 0.5) is 17.1 Å². The summed E-state index contributed by atoms with van der Waals surface area (Å²) in [5.41, 5.74) is 3.13. The highest BCUT2D eigenvalue weighted by Crippen LogP contribution is 2.50. The Morgan fingerprint density at radius 2 is 1.97 bits per heavy atom. The number of para-hydroxylation sites is 1. The van der Waals surface area contributed by atoms with Crippen LogP contribution in [0.2, 0.25) is 0 Å². The van der Waals surface area contributed by atoms with Crippen molar-refractivity contribution < 1.29 is 4.79 Å². The molecule has 0 bridgehead atoms. The maximum atomic E-state index is 13.3. The van der Waals surface area contributed by atoms with Gasteiger partial charge in [-0.05, 0) is 62.9 Å². The highest BCUT2D eigenvalue weighted by atomic mass is 32.2. The molecular formula is C23H23N5OS2. The number of thioether (sulfide) groups is 2. The van der Waals surface area contributed by atoms with Crippen LogP contribution < -0.4 is 10.2 Å². The second-order valence-corrected chi connectivity index (χ2v) is 9.46. The van der Waals surface area contributed by atoms with Gasteiger partial charge in [-0.3, -0.25) is 9.69 Å². The largest absolute Gasteiger partial charge is 0.381 e. The van der Waals surface area contributed by atoms with Crippen LogP contribution in [0.25, 0.3) is 0 Å². The van der Waals surface area contributed by atoms with Crippen molar-refractivity contribution in [2.75, 3.05) is 23.8 Å². The number of carbonyl (C=O) groups excluding carboxylic acids is 1. The molecule has 0 saturated carbocycles. The Labute approximate surface area is 191 Å². The van der Waals surface area contributed by atoms with Crippen molar-refractivity contribution in [3.8, 4) is 6.07 Å². The lowest BCUT2D eigenvalue weighted by molar-refractivity contribution is -0.122. The molecule has 0 atom stereocenters. The van der Waals surface area contributed by atoms with E-state index in [4.69, 9.17) is 4.99 Å². The number of hydrogen-bond donors (Lipinski definition) is 1. The fraction of sp³-hybridized carbons (Fsp3) is 0.261. The maximum Gasteiger partial charge on any atom is 0.269 e. The van der Waals surface area contributed by atoms with Gasteiger partial charge in [-0.1, -0.05) is 23.9 Å². The predicted molar refractivity (Wildman–Crippen MR) is 130 cm³/mol. The van der Waals surface area contributed by atoms with Crippen LogP contribution in [-0.4, -0.2) is 35.6 Å². The lowest BCUT2D eigenvalue weighted by Crippen LogP contribution is -2.29. The number of nitrogens with zero attached hydrogens (tertiary/aromatic N) is 4. The number of aliphatic imine (C=N–C) groups is 1. The SMILES string of the molecule is CCN1C(=O)/C(=C2/Sc3ccccc3N2C)S/C1=N/c1cc(C#N)ccc1NC(C)C. The third-order valence-corrected chi connectivity index (χ3v) is 7.33. The van der Waals surface area contributed by atoms with Crippen molar-refractivity contribution in [2.45, 2.75) is 31.7 Å². The standard InChI is InChI=1S/C23H23N5OS2/c1-5-28-21(29)20(22-27(4)18-8-6-7-9-19(18)30-22)31-23(28)26-17-12-15(13-24)10-11-16(17)25-14(2)3/h6-12,14,25H,5H2,1-4H3/b22-20-,26-23+. The van der Waals surface area contributed by atoms with Gasteiger partial charge in [0.2, 0.25) is 0 Å². The van der Waals surface area contributed by atoms with Crippen LogP contribution in [0.3, 0.4) is 0 Å². The number of benzene rings is 2. The Morgan fingerprint density at radius 1 is 1.19 bits per heavy atom. The molecule has 1 N–H and O–H groups in total. The molecule has 2 aliphatic rings. The van der Waals surface area contributed by atoms with Crippen molar-refractivity contribution in [2.24, 2.45) is 4.99 Å². The molecule has 158 valence electrons. The molecule has 0 unspecified atom stereocenters. The number of nitrogens with one attached hydrogen (secondary N) is 1. The number of amides is 1. The number of hydrogen-bond acceptors (Lipinski definition) is 7. The van der Waals surface area contributed by atoms with Gasteiger partial charge in [0.25, 0.3) is 5.91 Å². The second-order valence-electron chi connectivity index (χ2n) is 7.45. The van der Waals surface area contributed by atoms with E-state index in [0.29, 0.717) is 27.9 Å². The molecule has 8 heteroatoms. The van der Waals surface area contributed by atoms with Crippen LogP contribution >= 0.6 is 23.5 Å². The number of carbonyl (C=O) groups is 1. The van der Waals surface area contributed by atoms with E-state index in [9.17, 15) is 10.1 Å². The van der Waals surface area contributed by atoms with Gasteiger partial charge in [-0.15, -0.1) is 0 Å². The predicted octanol–water partition coefficient (Wildman–Crippen LogP) is 5.37. The topological polar surface area (TPSA) is 71.7 Å². The first kappa shape index (κ1) is 21.3. The van der Waals surface area contributed by atoms with Crippen LogP contribution in [0, 0.1) is 11.3 Å². The van der Waals surface area contributed by atoms with Crippen molar-refractivity contribution in [3.63, 3.8) is 0 Å². The average molecular weight is 450 g/mol. The molecular weight excluding hydrogens is 426 g/mol. The number of fused-ring (bicyclic) bond motifs is 1. The van der Waals surface area contributed by atoms with E-state index in [1.54, 1.807) is 28.8 Å². The molecule has 0 spiro atoms. The third kappa shape index (κ3) is 4.03. The van der Waals surface area contributed by atoms with E-state index in [1.165, 1.54) is 11.8 Å². The summed E-state index contributed by atoms with van der Waals surface area (Å²) in [6, 6.07) is 15.9. The van der Waals surface area contributed by atoms with Crippen molar-refractivity contribution >= 4 is 51.7 Å². The first-order chi connectivity index (χ1) is 14.9. The maximum absolute atomic E-state index is 13.3. The van der Waals surface area contributed by atoms with E-state index < -0.39 is 0 Å². The summed E-state index contributed by atoms with van der Waals surface area (Å²) in [6.45, 7) is 6.57. The molecule has 2 aromatic rings. The lowest BCUT2D eigenvalue weighted by Gasteiger charge is -2.16. The van der Waals surface area contributed by atoms with E-state index >= 15 is 0 Å². The first-order valence-electron chi connectivity index (χ1n) is 10.1. The summed E-state index contributed by atoms with van der Waals surface area (Å²) in [5.74, 6) is -0.0387. The van der Waals surface area contributed by atoms with Gasteiger partial charge in [0, 0.05) is 24.5 Å². The molecule has 2 heterocycles. The number of amidine groups is 1. The molecule has 0 aromatic heterocycles. The zero-order valence-electron chi connectivity index (χ0n) is 17.8. The Balaban J connectivity index is 1.75. The zero-order chi connectivity index (χ0) is 22.1. The molecule has 1 saturated heterocycles. The fourth-order valence-corrected chi connectivity index (χ4v) is 5.83. The molecule has 1 amide bonds. The normalized spacial score (nSPS) is 19.4. The summed E-state index contributed by atoms with van der Waals surface area (Å²) in [6.07, 6.45) is 0. The second kappa shape index (κ2) is 8.69. The van der Waals surface area contributed by atoms with Gasteiger partial charge in [0.05, 0.1) is 33.7 Å². The van der Waals surface area contributed by atoms with Gasteiger partial charge in [0.1, 0.15) is 4.91 Å². The molecule has 31 heavy (non-hydrogen) atoms. The molecule has 2 aromatic carbocycles. The van der Waals surface area contributed by atoms with Crippen LogP contribution in [0.1, 0.15) is 26.3 Å². The quantitative estimate of drug-likeness (QED) is 0.633. The Hall–Kier alpha value is -2.89. The summed E-state index contributed by atoms with van der Waals surface area (Å²) < 4.78 is 0. The van der Waals surface area contributed by atoms with E-state index in [-0.39, 0.29) is 11.9 Å². The molecule has 4 rings (SSSR count). The summed E-state index contributed by atoms with van der Waals surface area (Å²) >= 11 is 3.00. The molecule has 0 radical (unpaired) electrons. The van der Waals surface area contributed by atoms with Gasteiger partial charge in [0.15, 0.2) is 5.17 Å². The molecule has 2 aliphatic heterocycles. The number of likely N-dealkylation sites (N-methyl/N-ethyl adjacent to an activating group) is 1. The highest BCUT2D eigenvalue weighted by molar-refractivity contribution is 8.19. The summed E-state index contributed by atoms with van der Waals surface area (Å²) in [5, 5.41) is 14.3. The van der Waals surface area contributed by atoms with Crippen LogP contribution in [-0.2, 0) is 4.79 Å². The average Bonchev–Trinajstić information content (AvgIpc) is 3.25. The van der Waals surface area contributed by atoms with Gasteiger partial charge in [-0.25, -0.2) is 4.99 Å². The molecule has 0 aliphatic carbocycles. The highest BCUT2D eigenvalue weighted by Gasteiger charge is 2.38.